The lowest BCUT2D eigenvalue weighted by atomic mass is 10.2. The summed E-state index contributed by atoms with van der Waals surface area (Å²) in [4.78, 5) is 0. The molecule has 1 aromatic carbocycles. The van der Waals surface area contributed by atoms with Crippen LogP contribution in [0.4, 0.5) is 0 Å². The van der Waals surface area contributed by atoms with Gasteiger partial charge in [0.15, 0.2) is 0 Å². The van der Waals surface area contributed by atoms with Gasteiger partial charge in [0.2, 0.25) is 0 Å². The first kappa shape index (κ1) is 12.9. The van der Waals surface area contributed by atoms with E-state index >= 15 is 0 Å². The van der Waals surface area contributed by atoms with Crippen LogP contribution in [0, 0.1) is 0 Å². The molecule has 0 amide bonds. The minimum absolute atomic E-state index is 0.238. The van der Waals surface area contributed by atoms with Gasteiger partial charge in [-0.15, -0.1) is 6.58 Å². The van der Waals surface area contributed by atoms with E-state index in [0.29, 0.717) is 6.54 Å². The molecule has 0 unspecified atom stereocenters. The summed E-state index contributed by atoms with van der Waals surface area (Å²) in [6.07, 6.45) is 1.51. The van der Waals surface area contributed by atoms with E-state index < -0.39 is 10.2 Å². The third-order valence-electron chi connectivity index (χ3n) is 2.07. The molecule has 0 bridgehead atoms. The first-order chi connectivity index (χ1) is 7.56. The smallest absolute Gasteiger partial charge is 0.198 e. The molecule has 0 atom stereocenters. The Morgan fingerprint density at radius 1 is 1.38 bits per heavy atom. The van der Waals surface area contributed by atoms with E-state index in [9.17, 15) is 8.42 Å². The fourth-order valence-corrected chi connectivity index (χ4v) is 2.07. The summed E-state index contributed by atoms with van der Waals surface area (Å²) in [5.74, 6) is 0. The maximum atomic E-state index is 11.7. The zero-order valence-electron chi connectivity index (χ0n) is 9.26. The number of nitrogens with one attached hydrogen (secondary N) is 1. The van der Waals surface area contributed by atoms with Crippen molar-refractivity contribution < 1.29 is 8.42 Å². The first-order valence-corrected chi connectivity index (χ1v) is 6.36. The van der Waals surface area contributed by atoms with Gasteiger partial charge < -0.3 is 0 Å². The summed E-state index contributed by atoms with van der Waals surface area (Å²) in [6.45, 7) is 4.05. The standard InChI is InChI=1S/C11H16N2O2S/c1-3-9-12-16(14,15)13(2)10-11-7-5-4-6-8-11/h3-8,12H,1,9-10H2,2H3. The van der Waals surface area contributed by atoms with Crippen molar-refractivity contribution in [2.24, 2.45) is 0 Å². The Hall–Kier alpha value is -1.17. The van der Waals surface area contributed by atoms with E-state index in [2.05, 4.69) is 11.3 Å². The Balaban J connectivity index is 2.65. The third kappa shape index (κ3) is 3.77. The van der Waals surface area contributed by atoms with Gasteiger partial charge in [-0.05, 0) is 5.56 Å². The molecule has 1 aromatic rings. The summed E-state index contributed by atoms with van der Waals surface area (Å²) >= 11 is 0. The van der Waals surface area contributed by atoms with Crippen molar-refractivity contribution >= 4 is 10.2 Å². The number of nitrogens with zero attached hydrogens (tertiary/aromatic N) is 1. The van der Waals surface area contributed by atoms with Crippen molar-refractivity contribution in [3.8, 4) is 0 Å². The van der Waals surface area contributed by atoms with Gasteiger partial charge in [0.1, 0.15) is 0 Å². The monoisotopic (exact) mass is 240 g/mol. The second-order valence-electron chi connectivity index (χ2n) is 3.38. The van der Waals surface area contributed by atoms with E-state index in [1.807, 2.05) is 30.3 Å². The van der Waals surface area contributed by atoms with Crippen LogP contribution in [-0.4, -0.2) is 26.3 Å². The van der Waals surface area contributed by atoms with Crippen molar-refractivity contribution in [2.45, 2.75) is 6.54 Å². The lowest BCUT2D eigenvalue weighted by molar-refractivity contribution is 0.457. The first-order valence-electron chi connectivity index (χ1n) is 4.92. The molecule has 0 aliphatic rings. The van der Waals surface area contributed by atoms with Gasteiger partial charge in [0.05, 0.1) is 0 Å². The number of rotatable bonds is 6. The number of hydrogen-bond donors (Lipinski definition) is 1. The van der Waals surface area contributed by atoms with E-state index in [0.717, 1.165) is 5.56 Å². The minimum atomic E-state index is -3.41. The molecule has 88 valence electrons. The lowest BCUT2D eigenvalue weighted by Gasteiger charge is -2.17. The van der Waals surface area contributed by atoms with E-state index in [4.69, 9.17) is 0 Å². The summed E-state index contributed by atoms with van der Waals surface area (Å²) in [6, 6.07) is 9.44. The second kappa shape index (κ2) is 5.79. The second-order valence-corrected chi connectivity index (χ2v) is 5.25. The van der Waals surface area contributed by atoms with Crippen LogP contribution in [-0.2, 0) is 16.8 Å². The van der Waals surface area contributed by atoms with Gasteiger partial charge in [0.25, 0.3) is 10.2 Å². The molecule has 16 heavy (non-hydrogen) atoms. The minimum Gasteiger partial charge on any atom is -0.198 e. The number of benzene rings is 1. The Labute approximate surface area is 96.8 Å². The molecule has 0 spiro atoms. The summed E-state index contributed by atoms with van der Waals surface area (Å²) in [5.41, 5.74) is 0.953. The Kier molecular flexibility index (Phi) is 4.67. The zero-order valence-corrected chi connectivity index (χ0v) is 10.1. The largest absolute Gasteiger partial charge is 0.279 e. The zero-order chi connectivity index (χ0) is 12.0. The quantitative estimate of drug-likeness (QED) is 0.758. The molecule has 4 nitrogen and oxygen atoms in total. The Morgan fingerprint density at radius 3 is 2.56 bits per heavy atom. The van der Waals surface area contributed by atoms with Gasteiger partial charge >= 0.3 is 0 Å². The van der Waals surface area contributed by atoms with Crippen LogP contribution in [0.3, 0.4) is 0 Å². The highest BCUT2D eigenvalue weighted by molar-refractivity contribution is 7.87. The van der Waals surface area contributed by atoms with Gasteiger partial charge in [-0.2, -0.15) is 17.4 Å². The average molecular weight is 240 g/mol. The molecule has 5 heteroatoms. The van der Waals surface area contributed by atoms with Gasteiger partial charge in [-0.1, -0.05) is 36.4 Å². The highest BCUT2D eigenvalue weighted by Crippen LogP contribution is 2.05. The van der Waals surface area contributed by atoms with Crippen LogP contribution in [0.15, 0.2) is 43.0 Å². The maximum absolute atomic E-state index is 11.7. The summed E-state index contributed by atoms with van der Waals surface area (Å²) < 4.78 is 27.0. The Morgan fingerprint density at radius 2 is 2.00 bits per heavy atom. The van der Waals surface area contributed by atoms with Crippen molar-refractivity contribution in [1.82, 2.24) is 9.03 Å². The normalized spacial score (nSPS) is 11.6. The van der Waals surface area contributed by atoms with Crippen LogP contribution >= 0.6 is 0 Å². The summed E-state index contributed by atoms with van der Waals surface area (Å²) in [7, 11) is -1.87. The van der Waals surface area contributed by atoms with Crippen molar-refractivity contribution in [1.29, 1.82) is 0 Å². The Bertz CT molecular complexity index is 429. The molecule has 0 saturated heterocycles. The predicted octanol–water partition coefficient (Wildman–Crippen LogP) is 1.14. The predicted molar refractivity (Wildman–Crippen MR) is 65.0 cm³/mol. The molecule has 1 N–H and O–H groups in total. The van der Waals surface area contributed by atoms with Gasteiger partial charge in [-0.25, -0.2) is 0 Å². The van der Waals surface area contributed by atoms with Crippen LogP contribution in [0.2, 0.25) is 0 Å². The molecule has 0 aliphatic carbocycles. The van der Waals surface area contributed by atoms with Gasteiger partial charge in [0, 0.05) is 20.1 Å². The molecule has 0 fully saturated rings. The van der Waals surface area contributed by atoms with Crippen molar-refractivity contribution in [3.05, 3.63) is 48.6 Å². The van der Waals surface area contributed by atoms with Crippen LogP contribution in [0.5, 0.6) is 0 Å². The fraction of sp³-hybridized carbons (Fsp3) is 0.273. The topological polar surface area (TPSA) is 49.4 Å². The van der Waals surface area contributed by atoms with E-state index in [1.165, 1.54) is 10.4 Å². The molecular weight excluding hydrogens is 224 g/mol. The molecular formula is C11H16N2O2S. The lowest BCUT2D eigenvalue weighted by Crippen LogP contribution is -2.37. The highest BCUT2D eigenvalue weighted by atomic mass is 32.2. The van der Waals surface area contributed by atoms with Gasteiger partial charge in [-0.3, -0.25) is 0 Å². The third-order valence-corrected chi connectivity index (χ3v) is 3.55. The van der Waals surface area contributed by atoms with Crippen molar-refractivity contribution in [2.75, 3.05) is 13.6 Å². The van der Waals surface area contributed by atoms with Crippen LogP contribution < -0.4 is 4.72 Å². The molecule has 0 heterocycles. The maximum Gasteiger partial charge on any atom is 0.279 e. The SMILES string of the molecule is C=CCNS(=O)(=O)N(C)Cc1ccccc1. The van der Waals surface area contributed by atoms with E-state index in [-0.39, 0.29) is 6.54 Å². The average Bonchev–Trinajstić information content (AvgIpc) is 2.28. The molecule has 0 aromatic heterocycles. The molecule has 1 rings (SSSR count). The molecule has 0 radical (unpaired) electrons. The van der Waals surface area contributed by atoms with Crippen molar-refractivity contribution in [3.63, 3.8) is 0 Å². The molecule has 0 aliphatic heterocycles. The summed E-state index contributed by atoms with van der Waals surface area (Å²) in [5, 5.41) is 0. The highest BCUT2D eigenvalue weighted by Gasteiger charge is 2.15. The van der Waals surface area contributed by atoms with Crippen LogP contribution in [0.25, 0.3) is 0 Å². The molecule has 0 saturated carbocycles. The number of hydrogen-bond acceptors (Lipinski definition) is 2. The van der Waals surface area contributed by atoms with E-state index in [1.54, 1.807) is 7.05 Å². The van der Waals surface area contributed by atoms with Crippen LogP contribution in [0.1, 0.15) is 5.56 Å². The fourth-order valence-electron chi connectivity index (χ4n) is 1.20.